The zero-order valence-electron chi connectivity index (χ0n) is 18.9. The van der Waals surface area contributed by atoms with Gasteiger partial charge < -0.3 is 15.4 Å². The van der Waals surface area contributed by atoms with Gasteiger partial charge in [-0.3, -0.25) is 4.79 Å². The second-order valence-corrected chi connectivity index (χ2v) is 9.20. The highest BCUT2D eigenvalue weighted by Gasteiger charge is 2.25. The molecular weight excluding hydrogens is 400 g/mol. The molecule has 0 aliphatic heterocycles. The lowest BCUT2D eigenvalue weighted by Gasteiger charge is -2.22. The van der Waals surface area contributed by atoms with Gasteiger partial charge in [0.15, 0.2) is 6.10 Å². The van der Waals surface area contributed by atoms with Gasteiger partial charge in [0.1, 0.15) is 0 Å². The van der Waals surface area contributed by atoms with Crippen molar-refractivity contribution >= 4 is 12.0 Å². The summed E-state index contributed by atoms with van der Waals surface area (Å²) in [5.41, 5.74) is 2.71. The molecule has 0 heterocycles. The number of hydrogen-bond donors (Lipinski definition) is 2. The molecule has 4 rings (SSSR count). The van der Waals surface area contributed by atoms with E-state index in [-0.39, 0.29) is 24.0 Å². The molecule has 2 saturated carbocycles. The Morgan fingerprint density at radius 2 is 1.34 bits per heavy atom. The number of nitrogens with one attached hydrogen (secondary N) is 2. The molecule has 2 atom stereocenters. The summed E-state index contributed by atoms with van der Waals surface area (Å²) >= 11 is 0. The normalized spacial score (nSPS) is 18.8. The van der Waals surface area contributed by atoms with E-state index >= 15 is 0 Å². The largest absolute Gasteiger partial charge is 0.436 e. The van der Waals surface area contributed by atoms with E-state index < -0.39 is 6.10 Å². The van der Waals surface area contributed by atoms with E-state index in [2.05, 4.69) is 10.6 Å². The highest BCUT2D eigenvalue weighted by atomic mass is 16.6. The molecule has 5 nitrogen and oxygen atoms in total. The van der Waals surface area contributed by atoms with Crippen molar-refractivity contribution in [2.24, 2.45) is 0 Å². The third-order valence-electron chi connectivity index (χ3n) is 6.81. The maximum absolute atomic E-state index is 12.8. The van der Waals surface area contributed by atoms with Crippen molar-refractivity contribution in [3.63, 3.8) is 0 Å². The number of amides is 2. The Labute approximate surface area is 190 Å². The molecule has 2 N–H and O–H groups in total. The van der Waals surface area contributed by atoms with Crippen LogP contribution in [0.4, 0.5) is 4.79 Å². The maximum Gasteiger partial charge on any atom is 0.408 e. The first-order chi connectivity index (χ1) is 15.6. The summed E-state index contributed by atoms with van der Waals surface area (Å²) in [4.78, 5) is 25.5. The molecule has 0 bridgehead atoms. The quantitative estimate of drug-likeness (QED) is 0.595. The average Bonchev–Trinajstić information content (AvgIpc) is 3.52. The lowest BCUT2D eigenvalue weighted by molar-refractivity contribution is -0.122. The number of rotatable bonds is 7. The molecule has 5 heteroatoms. The number of hydrogen-bond acceptors (Lipinski definition) is 3. The number of carbonyl (C=O) groups is 2. The van der Waals surface area contributed by atoms with Crippen molar-refractivity contribution in [1.29, 1.82) is 0 Å². The number of ether oxygens (including phenoxy) is 1. The number of alkyl carbamates (subject to hydrolysis) is 1. The summed E-state index contributed by atoms with van der Waals surface area (Å²) in [5, 5.41) is 6.22. The summed E-state index contributed by atoms with van der Waals surface area (Å²) in [5.74, 6) is -0.204. The van der Waals surface area contributed by atoms with Crippen LogP contribution in [-0.4, -0.2) is 24.1 Å². The van der Waals surface area contributed by atoms with Crippen molar-refractivity contribution in [3.8, 4) is 0 Å². The molecule has 170 valence electrons. The van der Waals surface area contributed by atoms with Crippen molar-refractivity contribution in [2.45, 2.75) is 82.4 Å². The SMILES string of the molecule is CC(C(=O)NC1CCCC1)c1cccc(C(OC(=O)NC2CCCC2)c2ccccc2)c1. The first-order valence-corrected chi connectivity index (χ1v) is 12.0. The first kappa shape index (κ1) is 22.4. The van der Waals surface area contributed by atoms with Crippen LogP contribution in [0.25, 0.3) is 0 Å². The van der Waals surface area contributed by atoms with Gasteiger partial charge in [0.05, 0.1) is 5.92 Å². The maximum atomic E-state index is 12.8. The Morgan fingerprint density at radius 3 is 2.00 bits per heavy atom. The van der Waals surface area contributed by atoms with Gasteiger partial charge in [-0.25, -0.2) is 4.79 Å². The fourth-order valence-corrected chi connectivity index (χ4v) is 4.87. The van der Waals surface area contributed by atoms with Crippen molar-refractivity contribution in [3.05, 3.63) is 71.3 Å². The van der Waals surface area contributed by atoms with Crippen LogP contribution < -0.4 is 10.6 Å². The van der Waals surface area contributed by atoms with Gasteiger partial charge in [-0.1, -0.05) is 80.3 Å². The Balaban J connectivity index is 1.51. The molecule has 0 spiro atoms. The zero-order valence-corrected chi connectivity index (χ0v) is 18.9. The van der Waals surface area contributed by atoms with Crippen LogP contribution in [0, 0.1) is 0 Å². The standard InChI is InChI=1S/C27H34N2O3/c1-19(26(30)28-23-14-5-6-15-23)21-12-9-13-22(18-21)25(20-10-3-2-4-11-20)32-27(31)29-24-16-7-8-17-24/h2-4,9-13,18-19,23-25H,5-8,14-17H2,1H3,(H,28,30)(H,29,31). The van der Waals surface area contributed by atoms with Crippen LogP contribution in [0.1, 0.15) is 87.0 Å². The van der Waals surface area contributed by atoms with Crippen molar-refractivity contribution in [2.75, 3.05) is 0 Å². The van der Waals surface area contributed by atoms with E-state index in [1.54, 1.807) is 0 Å². The molecule has 2 aliphatic carbocycles. The Kier molecular flexibility index (Phi) is 7.46. The van der Waals surface area contributed by atoms with E-state index in [4.69, 9.17) is 4.74 Å². The van der Waals surface area contributed by atoms with E-state index in [0.717, 1.165) is 55.2 Å². The minimum Gasteiger partial charge on any atom is -0.436 e. The summed E-state index contributed by atoms with van der Waals surface area (Å²) in [6.45, 7) is 1.94. The summed E-state index contributed by atoms with van der Waals surface area (Å²) in [6, 6.07) is 18.2. The predicted octanol–water partition coefficient (Wildman–Crippen LogP) is 5.61. The molecule has 2 aromatic carbocycles. The van der Waals surface area contributed by atoms with Gasteiger partial charge in [-0.2, -0.15) is 0 Å². The van der Waals surface area contributed by atoms with Crippen LogP contribution >= 0.6 is 0 Å². The van der Waals surface area contributed by atoms with E-state index in [1.165, 1.54) is 12.8 Å². The number of carbonyl (C=O) groups excluding carboxylic acids is 2. The molecule has 2 unspecified atom stereocenters. The van der Waals surface area contributed by atoms with Crippen molar-refractivity contribution in [1.82, 2.24) is 10.6 Å². The topological polar surface area (TPSA) is 67.4 Å². The van der Waals surface area contributed by atoms with E-state index in [1.807, 2.05) is 61.5 Å². The zero-order chi connectivity index (χ0) is 22.3. The third kappa shape index (κ3) is 5.70. The summed E-state index contributed by atoms with van der Waals surface area (Å²) < 4.78 is 5.94. The first-order valence-electron chi connectivity index (χ1n) is 12.0. The molecule has 2 aromatic rings. The minimum atomic E-state index is -0.525. The second-order valence-electron chi connectivity index (χ2n) is 9.20. The van der Waals surface area contributed by atoms with Crippen LogP contribution in [0.15, 0.2) is 54.6 Å². The average molecular weight is 435 g/mol. The van der Waals surface area contributed by atoms with Gasteiger partial charge in [0.2, 0.25) is 5.91 Å². The highest BCUT2D eigenvalue weighted by molar-refractivity contribution is 5.83. The van der Waals surface area contributed by atoms with Crippen LogP contribution in [-0.2, 0) is 9.53 Å². The van der Waals surface area contributed by atoms with Crippen LogP contribution in [0.3, 0.4) is 0 Å². The molecular formula is C27H34N2O3. The van der Waals surface area contributed by atoms with Crippen molar-refractivity contribution < 1.29 is 14.3 Å². The Morgan fingerprint density at radius 1 is 0.781 bits per heavy atom. The van der Waals surface area contributed by atoms with Gasteiger partial charge >= 0.3 is 6.09 Å². The molecule has 2 aliphatic rings. The van der Waals surface area contributed by atoms with Gasteiger partial charge in [0.25, 0.3) is 0 Å². The fraction of sp³-hybridized carbons (Fsp3) is 0.481. The Bertz CT molecular complexity index is 902. The van der Waals surface area contributed by atoms with Crippen LogP contribution in [0.2, 0.25) is 0 Å². The molecule has 0 saturated heterocycles. The number of benzene rings is 2. The third-order valence-corrected chi connectivity index (χ3v) is 6.81. The fourth-order valence-electron chi connectivity index (χ4n) is 4.87. The summed E-state index contributed by atoms with van der Waals surface area (Å²) in [7, 11) is 0. The molecule has 2 amide bonds. The van der Waals surface area contributed by atoms with Gasteiger partial charge in [0, 0.05) is 12.1 Å². The lowest BCUT2D eigenvalue weighted by Crippen LogP contribution is -2.35. The molecule has 32 heavy (non-hydrogen) atoms. The monoisotopic (exact) mass is 434 g/mol. The van der Waals surface area contributed by atoms with E-state index in [9.17, 15) is 9.59 Å². The minimum absolute atomic E-state index is 0.0604. The highest BCUT2D eigenvalue weighted by Crippen LogP contribution is 2.29. The molecule has 0 aromatic heterocycles. The molecule has 0 radical (unpaired) electrons. The second kappa shape index (κ2) is 10.7. The van der Waals surface area contributed by atoms with E-state index in [0.29, 0.717) is 6.04 Å². The summed E-state index contributed by atoms with van der Waals surface area (Å²) in [6.07, 6.45) is 7.92. The predicted molar refractivity (Wildman–Crippen MR) is 125 cm³/mol. The van der Waals surface area contributed by atoms with Gasteiger partial charge in [-0.05, 0) is 49.3 Å². The molecule has 2 fully saturated rings. The Hall–Kier alpha value is -2.82. The smallest absolute Gasteiger partial charge is 0.408 e. The lowest BCUT2D eigenvalue weighted by atomic mass is 9.94. The van der Waals surface area contributed by atoms with Crippen LogP contribution in [0.5, 0.6) is 0 Å². The van der Waals surface area contributed by atoms with Gasteiger partial charge in [-0.15, -0.1) is 0 Å².